The van der Waals surface area contributed by atoms with Crippen molar-refractivity contribution in [2.75, 3.05) is 0 Å². The van der Waals surface area contributed by atoms with Crippen LogP contribution in [0.4, 0.5) is 0 Å². The van der Waals surface area contributed by atoms with Crippen molar-refractivity contribution in [3.63, 3.8) is 0 Å². The van der Waals surface area contributed by atoms with Gasteiger partial charge in [0.1, 0.15) is 0 Å². The third-order valence-corrected chi connectivity index (χ3v) is 5.10. The number of hydrogen-bond acceptors (Lipinski definition) is 3. The largest absolute Gasteiger partial charge is 0.369 e. The number of alkyl halides is 5. The van der Waals surface area contributed by atoms with Gasteiger partial charge in [-0.2, -0.15) is 0 Å². The summed E-state index contributed by atoms with van der Waals surface area (Å²) in [4.78, 5) is 21.9. The molecule has 0 saturated carbocycles. The average Bonchev–Trinajstić information content (AvgIpc) is 3.15. The maximum atomic E-state index is 10.7. The SMILES string of the molecule is CC(Br)C(=O)C(C)Br.CC(Br)C(=O)C(C)Br.CC(Br)C1OC1C. The third-order valence-electron chi connectivity index (χ3n) is 2.78. The Morgan fingerprint density at radius 1 is 0.739 bits per heavy atom. The Balaban J connectivity index is 0. The summed E-state index contributed by atoms with van der Waals surface area (Å²) >= 11 is 16.1. The monoisotopic (exact) mass is 648 g/mol. The van der Waals surface area contributed by atoms with Gasteiger partial charge in [0, 0.05) is 4.83 Å². The van der Waals surface area contributed by atoms with E-state index in [1.807, 2.05) is 27.7 Å². The number of ether oxygens (including phenoxy) is 1. The summed E-state index contributed by atoms with van der Waals surface area (Å²) in [5, 5.41) is 0. The quantitative estimate of drug-likeness (QED) is 0.279. The number of Topliss-reactive ketones (excluding diaryl/α,β-unsaturated/α-hetero) is 2. The van der Waals surface area contributed by atoms with Gasteiger partial charge in [0.25, 0.3) is 0 Å². The van der Waals surface area contributed by atoms with Crippen molar-refractivity contribution in [2.24, 2.45) is 0 Å². The minimum atomic E-state index is -0.0307. The van der Waals surface area contributed by atoms with Crippen LogP contribution in [0, 0.1) is 0 Å². The van der Waals surface area contributed by atoms with Gasteiger partial charge in [-0.05, 0) is 34.6 Å². The number of rotatable bonds is 5. The second-order valence-corrected chi connectivity index (χ2v) is 12.2. The molecule has 7 atom stereocenters. The first-order valence-electron chi connectivity index (χ1n) is 7.26. The molecular weight excluding hydrogens is 628 g/mol. The summed E-state index contributed by atoms with van der Waals surface area (Å²) in [6.07, 6.45) is 0.981. The summed E-state index contributed by atoms with van der Waals surface area (Å²) in [7, 11) is 0. The summed E-state index contributed by atoms with van der Waals surface area (Å²) in [6, 6.07) is 0. The molecule has 8 heteroatoms. The fourth-order valence-electron chi connectivity index (χ4n) is 1.32. The molecule has 1 saturated heterocycles. The Morgan fingerprint density at radius 3 is 0.957 bits per heavy atom. The van der Waals surface area contributed by atoms with Crippen LogP contribution >= 0.6 is 79.6 Å². The zero-order chi connectivity index (χ0) is 18.9. The van der Waals surface area contributed by atoms with E-state index < -0.39 is 0 Å². The minimum absolute atomic E-state index is 0.0307. The highest BCUT2D eigenvalue weighted by molar-refractivity contribution is 9.11. The van der Waals surface area contributed by atoms with E-state index in [1.54, 1.807) is 0 Å². The highest BCUT2D eigenvalue weighted by Crippen LogP contribution is 2.28. The number of carbonyl (C=O) groups excluding carboxylic acids is 2. The summed E-state index contributed by atoms with van der Waals surface area (Å²) < 4.78 is 5.13. The zero-order valence-electron chi connectivity index (χ0n) is 14.2. The molecule has 1 fully saturated rings. The van der Waals surface area contributed by atoms with Crippen LogP contribution in [0.2, 0.25) is 0 Å². The van der Waals surface area contributed by atoms with Crippen LogP contribution in [0.5, 0.6) is 0 Å². The maximum absolute atomic E-state index is 10.7. The van der Waals surface area contributed by atoms with Gasteiger partial charge in [-0.25, -0.2) is 0 Å². The first-order chi connectivity index (χ1) is 10.3. The second kappa shape index (κ2) is 13.8. The van der Waals surface area contributed by atoms with Crippen molar-refractivity contribution < 1.29 is 14.3 Å². The lowest BCUT2D eigenvalue weighted by Gasteiger charge is -2.01. The normalized spacial score (nSPS) is 25.3. The van der Waals surface area contributed by atoms with Crippen molar-refractivity contribution >= 4 is 91.2 Å². The van der Waals surface area contributed by atoms with Gasteiger partial charge in [0.15, 0.2) is 11.6 Å². The number of hydrogen-bond donors (Lipinski definition) is 0. The maximum Gasteiger partial charge on any atom is 0.159 e. The van der Waals surface area contributed by atoms with Gasteiger partial charge >= 0.3 is 0 Å². The van der Waals surface area contributed by atoms with E-state index in [-0.39, 0.29) is 30.9 Å². The van der Waals surface area contributed by atoms with Crippen LogP contribution in [0.1, 0.15) is 41.5 Å². The van der Waals surface area contributed by atoms with Crippen molar-refractivity contribution in [1.82, 2.24) is 0 Å². The first-order valence-corrected chi connectivity index (χ1v) is 11.8. The predicted octanol–water partition coefficient (Wildman–Crippen LogP) is 5.80. The average molecular weight is 653 g/mol. The lowest BCUT2D eigenvalue weighted by atomic mass is 10.2. The van der Waals surface area contributed by atoms with Crippen LogP contribution in [-0.2, 0) is 14.3 Å². The fraction of sp³-hybridized carbons (Fsp3) is 0.867. The van der Waals surface area contributed by atoms with Crippen molar-refractivity contribution in [2.45, 2.75) is 77.9 Å². The van der Waals surface area contributed by atoms with Crippen LogP contribution in [0.15, 0.2) is 0 Å². The molecule has 1 aliphatic rings. The lowest BCUT2D eigenvalue weighted by molar-refractivity contribution is -0.118. The first kappa shape index (κ1) is 26.9. The lowest BCUT2D eigenvalue weighted by Crippen LogP contribution is -2.18. The molecule has 0 aromatic rings. The summed E-state index contributed by atoms with van der Waals surface area (Å²) in [5.74, 6) is 0.370. The fourth-order valence-corrected chi connectivity index (χ4v) is 4.17. The van der Waals surface area contributed by atoms with Crippen LogP contribution in [-0.4, -0.2) is 47.9 Å². The van der Waals surface area contributed by atoms with Crippen LogP contribution in [0.3, 0.4) is 0 Å². The molecule has 0 N–H and O–H groups in total. The van der Waals surface area contributed by atoms with Gasteiger partial charge in [-0.3, -0.25) is 9.59 Å². The van der Waals surface area contributed by atoms with Gasteiger partial charge in [-0.15, -0.1) is 0 Å². The van der Waals surface area contributed by atoms with Gasteiger partial charge < -0.3 is 4.74 Å². The summed E-state index contributed by atoms with van der Waals surface area (Å²) in [6.45, 7) is 11.5. The molecule has 3 nitrogen and oxygen atoms in total. The van der Waals surface area contributed by atoms with Crippen molar-refractivity contribution in [3.8, 4) is 0 Å². The van der Waals surface area contributed by atoms with E-state index in [1.165, 1.54) is 0 Å². The number of halogens is 5. The van der Waals surface area contributed by atoms with Gasteiger partial charge in [-0.1, -0.05) is 86.6 Å². The Hall–Kier alpha value is 1.70. The molecule has 138 valence electrons. The zero-order valence-corrected chi connectivity index (χ0v) is 22.1. The molecule has 1 rings (SSSR count). The summed E-state index contributed by atoms with van der Waals surface area (Å²) in [5.41, 5.74) is 0. The van der Waals surface area contributed by atoms with Crippen LogP contribution < -0.4 is 0 Å². The molecule has 0 aliphatic carbocycles. The van der Waals surface area contributed by atoms with Crippen molar-refractivity contribution in [1.29, 1.82) is 0 Å². The minimum Gasteiger partial charge on any atom is -0.369 e. The standard InChI is InChI=1S/2C5H8Br2O.C5H9BrO/c2*1-3(6)5(8)4(2)7;1-3(6)5-4(2)7-5/h2*3-4H,1-2H3;3-5H,1-2H3. The Kier molecular flexibility index (Phi) is 16.2. The molecule has 1 aliphatic heterocycles. The molecular formula is C15H25Br5O3. The van der Waals surface area contributed by atoms with E-state index in [0.717, 1.165) is 0 Å². The third kappa shape index (κ3) is 14.5. The van der Waals surface area contributed by atoms with Gasteiger partial charge in [0.05, 0.1) is 31.5 Å². The van der Waals surface area contributed by atoms with E-state index in [4.69, 9.17) is 4.74 Å². The number of carbonyl (C=O) groups is 2. The molecule has 0 spiro atoms. The molecule has 0 radical (unpaired) electrons. The number of ketones is 2. The molecule has 0 aromatic carbocycles. The topological polar surface area (TPSA) is 46.7 Å². The highest BCUT2D eigenvalue weighted by Gasteiger charge is 2.37. The smallest absolute Gasteiger partial charge is 0.159 e. The highest BCUT2D eigenvalue weighted by atomic mass is 79.9. The number of epoxide rings is 1. The van der Waals surface area contributed by atoms with E-state index in [0.29, 0.717) is 17.0 Å². The van der Waals surface area contributed by atoms with E-state index >= 15 is 0 Å². The van der Waals surface area contributed by atoms with Gasteiger partial charge in [0.2, 0.25) is 0 Å². The molecule has 0 aromatic heterocycles. The molecule has 23 heavy (non-hydrogen) atoms. The predicted molar refractivity (Wildman–Crippen MR) is 116 cm³/mol. The molecule has 7 unspecified atom stereocenters. The van der Waals surface area contributed by atoms with E-state index in [9.17, 15) is 9.59 Å². The molecule has 1 heterocycles. The molecule has 0 bridgehead atoms. The van der Waals surface area contributed by atoms with E-state index in [2.05, 4.69) is 93.5 Å². The van der Waals surface area contributed by atoms with Crippen molar-refractivity contribution in [3.05, 3.63) is 0 Å². The Morgan fingerprint density at radius 2 is 0.957 bits per heavy atom. The second-order valence-electron chi connectivity index (χ2n) is 5.25. The Bertz CT molecular complexity index is 313. The molecule has 0 amide bonds. The Labute approximate surface area is 182 Å². The van der Waals surface area contributed by atoms with Crippen LogP contribution in [0.25, 0.3) is 0 Å².